The van der Waals surface area contributed by atoms with Crippen LogP contribution in [0.2, 0.25) is 0 Å². The largest absolute Gasteiger partial charge is 0.389 e. The molecule has 0 fully saturated rings. The lowest BCUT2D eigenvalue weighted by atomic mass is 10.2. The molecule has 0 saturated carbocycles. The molecule has 66 valence electrons. The molecule has 0 aliphatic heterocycles. The van der Waals surface area contributed by atoms with Crippen LogP contribution in [0.25, 0.3) is 0 Å². The Morgan fingerprint density at radius 3 is 2.73 bits per heavy atom. The van der Waals surface area contributed by atoms with Crippen LogP contribution in [-0.4, -0.2) is 30.7 Å². The second-order valence-corrected chi connectivity index (χ2v) is 2.41. The number of aliphatic hydroxyl groups excluding tert-OH is 1. The first-order valence-corrected chi connectivity index (χ1v) is 4.01. The predicted molar refractivity (Wildman–Crippen MR) is 42.4 cm³/mol. The number of hydrogen-bond acceptors (Lipinski definition) is 3. The van der Waals surface area contributed by atoms with Gasteiger partial charge >= 0.3 is 0 Å². The number of Topliss-reactive ketones (excluding diaryl/α,β-unsaturated/α-hetero) is 1. The molecular formula is C8H16O3. The average molecular weight is 160 g/mol. The van der Waals surface area contributed by atoms with E-state index in [9.17, 15) is 4.79 Å². The molecule has 0 amide bonds. The van der Waals surface area contributed by atoms with Gasteiger partial charge < -0.3 is 9.84 Å². The van der Waals surface area contributed by atoms with Gasteiger partial charge in [0.25, 0.3) is 0 Å². The molecule has 1 N–H and O–H groups in total. The van der Waals surface area contributed by atoms with Gasteiger partial charge in [0.1, 0.15) is 6.61 Å². The van der Waals surface area contributed by atoms with E-state index in [1.165, 1.54) is 0 Å². The fraction of sp³-hybridized carbons (Fsp3) is 0.875. The van der Waals surface area contributed by atoms with E-state index in [0.29, 0.717) is 13.0 Å². The summed E-state index contributed by atoms with van der Waals surface area (Å²) in [6, 6.07) is 0. The molecular weight excluding hydrogens is 144 g/mol. The van der Waals surface area contributed by atoms with Gasteiger partial charge in [-0.2, -0.15) is 0 Å². The summed E-state index contributed by atoms with van der Waals surface area (Å²) in [5, 5.41) is 8.35. The maximum atomic E-state index is 10.5. The van der Waals surface area contributed by atoms with Gasteiger partial charge in [0.05, 0.1) is 0 Å². The van der Waals surface area contributed by atoms with E-state index in [2.05, 4.69) is 0 Å². The average Bonchev–Trinajstić information content (AvgIpc) is 2.04. The normalized spacial score (nSPS) is 10.0. The van der Waals surface area contributed by atoms with Crippen LogP contribution < -0.4 is 0 Å². The lowest BCUT2D eigenvalue weighted by molar-refractivity contribution is -0.122. The zero-order valence-corrected chi connectivity index (χ0v) is 7.01. The molecule has 0 aromatic heterocycles. The van der Waals surface area contributed by atoms with E-state index < -0.39 is 0 Å². The molecule has 0 saturated heterocycles. The highest BCUT2D eigenvalue weighted by Crippen LogP contribution is 1.91. The van der Waals surface area contributed by atoms with E-state index in [1.54, 1.807) is 0 Å². The quantitative estimate of drug-likeness (QED) is 0.559. The minimum atomic E-state index is -0.340. The lowest BCUT2D eigenvalue weighted by Gasteiger charge is -2.00. The van der Waals surface area contributed by atoms with Gasteiger partial charge in [-0.25, -0.2) is 0 Å². The number of ketones is 1. The molecule has 0 unspecified atom stereocenters. The first-order valence-electron chi connectivity index (χ1n) is 4.01. The van der Waals surface area contributed by atoms with Crippen LogP contribution in [0.1, 0.15) is 26.2 Å². The zero-order valence-electron chi connectivity index (χ0n) is 7.01. The third-order valence-corrected chi connectivity index (χ3v) is 1.27. The van der Waals surface area contributed by atoms with Crippen molar-refractivity contribution >= 4 is 5.78 Å². The Hall–Kier alpha value is -0.410. The van der Waals surface area contributed by atoms with E-state index in [4.69, 9.17) is 9.84 Å². The highest BCUT2D eigenvalue weighted by molar-refractivity contribution is 5.79. The van der Waals surface area contributed by atoms with Gasteiger partial charge in [0.15, 0.2) is 5.78 Å². The summed E-state index contributed by atoms with van der Waals surface area (Å²) in [6.07, 6.45) is 2.16. The number of carbonyl (C=O) groups is 1. The molecule has 0 aliphatic rings. The molecule has 0 aliphatic carbocycles. The Morgan fingerprint density at radius 1 is 1.45 bits per heavy atom. The van der Waals surface area contributed by atoms with Gasteiger partial charge in [-0.3, -0.25) is 4.79 Å². The molecule has 3 nitrogen and oxygen atoms in total. The first-order chi connectivity index (χ1) is 5.31. The number of hydrogen-bond donors (Lipinski definition) is 1. The highest BCUT2D eigenvalue weighted by Gasteiger charge is 1.97. The highest BCUT2D eigenvalue weighted by atomic mass is 16.5. The van der Waals surface area contributed by atoms with Gasteiger partial charge in [-0.15, -0.1) is 0 Å². The summed E-state index contributed by atoms with van der Waals surface area (Å²) in [6.45, 7) is 3.08. The fourth-order valence-electron chi connectivity index (χ4n) is 0.697. The third-order valence-electron chi connectivity index (χ3n) is 1.27. The Bertz CT molecular complexity index is 102. The maximum Gasteiger partial charge on any atom is 0.158 e. The molecule has 0 aromatic rings. The number of ether oxygens (including phenoxy) is 1. The van der Waals surface area contributed by atoms with Crippen molar-refractivity contribution in [1.29, 1.82) is 0 Å². The van der Waals surface area contributed by atoms with Crippen LogP contribution in [-0.2, 0) is 9.53 Å². The summed E-state index contributed by atoms with van der Waals surface area (Å²) in [5.74, 6) is -0.106. The molecule has 0 aromatic carbocycles. The van der Waals surface area contributed by atoms with Gasteiger partial charge in [0, 0.05) is 19.6 Å². The topological polar surface area (TPSA) is 46.5 Å². The lowest BCUT2D eigenvalue weighted by Crippen LogP contribution is -2.05. The van der Waals surface area contributed by atoms with E-state index in [1.807, 2.05) is 6.92 Å². The Morgan fingerprint density at radius 2 is 2.18 bits per heavy atom. The summed E-state index contributed by atoms with van der Waals surface area (Å²) < 4.78 is 5.14. The number of carbonyl (C=O) groups excluding carboxylic acids is 1. The molecule has 11 heavy (non-hydrogen) atoms. The van der Waals surface area contributed by atoms with Crippen LogP contribution in [0.4, 0.5) is 0 Å². The van der Waals surface area contributed by atoms with E-state index in [-0.39, 0.29) is 12.4 Å². The Labute approximate surface area is 67.4 Å². The van der Waals surface area contributed by atoms with E-state index in [0.717, 1.165) is 19.4 Å². The van der Waals surface area contributed by atoms with Crippen molar-refractivity contribution in [3.05, 3.63) is 0 Å². The van der Waals surface area contributed by atoms with Crippen molar-refractivity contribution in [2.45, 2.75) is 26.2 Å². The van der Waals surface area contributed by atoms with Crippen molar-refractivity contribution in [1.82, 2.24) is 0 Å². The number of aliphatic hydroxyl groups is 1. The predicted octanol–water partition coefficient (Wildman–Crippen LogP) is 0.755. The molecule has 0 radical (unpaired) electrons. The Balaban J connectivity index is 2.95. The van der Waals surface area contributed by atoms with Crippen LogP contribution in [0.3, 0.4) is 0 Å². The van der Waals surface area contributed by atoms with Gasteiger partial charge in [-0.05, 0) is 12.8 Å². The summed E-state index contributed by atoms with van der Waals surface area (Å²) in [7, 11) is 0. The van der Waals surface area contributed by atoms with E-state index >= 15 is 0 Å². The minimum absolute atomic E-state index is 0.106. The molecule has 0 spiro atoms. The SMILES string of the molecule is CCCOCCCC(=O)CO. The fourth-order valence-corrected chi connectivity index (χ4v) is 0.697. The smallest absolute Gasteiger partial charge is 0.158 e. The van der Waals surface area contributed by atoms with Crippen LogP contribution in [0.15, 0.2) is 0 Å². The standard InChI is InChI=1S/C8H16O3/c1-2-5-11-6-3-4-8(10)7-9/h9H,2-7H2,1H3. The molecule has 0 heterocycles. The van der Waals surface area contributed by atoms with Crippen molar-refractivity contribution < 1.29 is 14.6 Å². The summed E-state index contributed by atoms with van der Waals surface area (Å²) in [5.41, 5.74) is 0. The molecule has 0 bridgehead atoms. The number of rotatable bonds is 7. The third kappa shape index (κ3) is 7.49. The van der Waals surface area contributed by atoms with Gasteiger partial charge in [0.2, 0.25) is 0 Å². The molecule has 0 atom stereocenters. The van der Waals surface area contributed by atoms with Crippen LogP contribution in [0.5, 0.6) is 0 Å². The molecule has 3 heteroatoms. The monoisotopic (exact) mass is 160 g/mol. The Kier molecular flexibility index (Phi) is 7.41. The van der Waals surface area contributed by atoms with Crippen molar-refractivity contribution in [2.24, 2.45) is 0 Å². The van der Waals surface area contributed by atoms with Crippen LogP contribution >= 0.6 is 0 Å². The second kappa shape index (κ2) is 7.69. The maximum absolute atomic E-state index is 10.5. The molecule has 0 rings (SSSR count). The van der Waals surface area contributed by atoms with Crippen molar-refractivity contribution in [3.63, 3.8) is 0 Å². The minimum Gasteiger partial charge on any atom is -0.389 e. The van der Waals surface area contributed by atoms with Crippen LogP contribution in [0, 0.1) is 0 Å². The zero-order chi connectivity index (χ0) is 8.53. The summed E-state index contributed by atoms with van der Waals surface area (Å²) >= 11 is 0. The second-order valence-electron chi connectivity index (χ2n) is 2.41. The van der Waals surface area contributed by atoms with Crippen molar-refractivity contribution in [2.75, 3.05) is 19.8 Å². The van der Waals surface area contributed by atoms with Crippen molar-refractivity contribution in [3.8, 4) is 0 Å². The first kappa shape index (κ1) is 10.6. The van der Waals surface area contributed by atoms with Gasteiger partial charge in [-0.1, -0.05) is 6.92 Å². The summed E-state index contributed by atoms with van der Waals surface area (Å²) in [4.78, 5) is 10.5.